The molecule has 0 aliphatic carbocycles. The van der Waals surface area contributed by atoms with Crippen molar-refractivity contribution in [2.75, 3.05) is 20.2 Å². The van der Waals surface area contributed by atoms with Crippen LogP contribution in [0.4, 0.5) is 4.79 Å². The Hall–Kier alpha value is -2.04. The summed E-state index contributed by atoms with van der Waals surface area (Å²) in [7, 11) is 1.32. The number of benzene rings is 1. The third-order valence-corrected chi connectivity index (χ3v) is 4.79. The topological polar surface area (TPSA) is 58.6 Å². The van der Waals surface area contributed by atoms with Gasteiger partial charge >= 0.3 is 6.09 Å². The largest absolute Gasteiger partial charge is 0.453 e. The molecule has 1 aliphatic rings. The molecule has 0 spiro atoms. The molecule has 25 heavy (non-hydrogen) atoms. The van der Waals surface area contributed by atoms with Crippen LogP contribution in [0.15, 0.2) is 30.3 Å². The minimum atomic E-state index is -0.545. The van der Waals surface area contributed by atoms with Crippen LogP contribution in [0.5, 0.6) is 0 Å². The lowest BCUT2D eigenvalue weighted by molar-refractivity contribution is -0.133. The van der Waals surface area contributed by atoms with E-state index in [0.29, 0.717) is 18.3 Å². The molecule has 0 saturated carbocycles. The number of carbonyl (C=O) groups excluding carboxylic acids is 2. The first-order chi connectivity index (χ1) is 12.0. The van der Waals surface area contributed by atoms with Gasteiger partial charge in [0.15, 0.2) is 0 Å². The highest BCUT2D eigenvalue weighted by molar-refractivity contribution is 5.85. The minimum Gasteiger partial charge on any atom is -0.453 e. The molecular formula is C20H30N2O3. The van der Waals surface area contributed by atoms with Gasteiger partial charge in [-0.2, -0.15) is 0 Å². The average molecular weight is 346 g/mol. The van der Waals surface area contributed by atoms with Crippen LogP contribution in [0, 0.1) is 5.92 Å². The second kappa shape index (κ2) is 9.44. The molecule has 138 valence electrons. The summed E-state index contributed by atoms with van der Waals surface area (Å²) in [4.78, 5) is 26.4. The number of rotatable bonds is 5. The molecule has 1 aromatic carbocycles. The maximum Gasteiger partial charge on any atom is 0.407 e. The molecule has 0 radical (unpaired) electrons. The zero-order valence-corrected chi connectivity index (χ0v) is 15.5. The van der Waals surface area contributed by atoms with Crippen molar-refractivity contribution in [2.45, 2.75) is 51.5 Å². The fourth-order valence-corrected chi connectivity index (χ4v) is 3.49. The third-order valence-electron chi connectivity index (χ3n) is 4.79. The van der Waals surface area contributed by atoms with Gasteiger partial charge in [-0.05, 0) is 43.1 Å². The van der Waals surface area contributed by atoms with E-state index in [1.54, 1.807) is 0 Å². The number of nitrogens with zero attached hydrogens (tertiary/aromatic N) is 1. The van der Waals surface area contributed by atoms with Crippen molar-refractivity contribution in [3.8, 4) is 0 Å². The predicted molar refractivity (Wildman–Crippen MR) is 98.4 cm³/mol. The average Bonchev–Trinajstić information content (AvgIpc) is 2.87. The monoisotopic (exact) mass is 346 g/mol. The van der Waals surface area contributed by atoms with E-state index in [-0.39, 0.29) is 5.91 Å². The lowest BCUT2D eigenvalue weighted by Crippen LogP contribution is -2.49. The number of alkyl carbamates (subject to hydrolysis) is 1. The molecule has 1 fully saturated rings. The first-order valence-electron chi connectivity index (χ1n) is 9.19. The normalized spacial score (nSPS) is 19.2. The summed E-state index contributed by atoms with van der Waals surface area (Å²) < 4.78 is 4.68. The van der Waals surface area contributed by atoms with Gasteiger partial charge in [0.2, 0.25) is 5.91 Å². The Bertz CT molecular complexity index is 559. The number of nitrogens with one attached hydrogen (secondary N) is 1. The molecule has 2 atom stereocenters. The van der Waals surface area contributed by atoms with Crippen molar-refractivity contribution in [3.63, 3.8) is 0 Å². The van der Waals surface area contributed by atoms with Crippen LogP contribution in [0.25, 0.3) is 0 Å². The predicted octanol–water partition coefficient (Wildman–Crippen LogP) is 3.55. The third kappa shape index (κ3) is 5.76. The summed E-state index contributed by atoms with van der Waals surface area (Å²) >= 11 is 0. The van der Waals surface area contributed by atoms with Crippen molar-refractivity contribution in [3.05, 3.63) is 35.9 Å². The van der Waals surface area contributed by atoms with E-state index < -0.39 is 12.1 Å². The SMILES string of the molecule is COC(=O)NC(CC(C)C)C(=O)N1CCCC(c2ccccc2)CC1. The zero-order chi connectivity index (χ0) is 18.2. The van der Waals surface area contributed by atoms with Gasteiger partial charge < -0.3 is 15.0 Å². The number of carbonyl (C=O) groups is 2. The lowest BCUT2D eigenvalue weighted by atomic mass is 9.92. The van der Waals surface area contributed by atoms with Gasteiger partial charge in [0, 0.05) is 13.1 Å². The molecule has 1 N–H and O–H groups in total. The standard InChI is InChI=1S/C20H30N2O3/c1-15(2)14-18(21-20(24)25-3)19(23)22-12-7-10-17(11-13-22)16-8-5-4-6-9-16/h4-6,8-9,15,17-18H,7,10-14H2,1-3H3,(H,21,24). The molecule has 0 bridgehead atoms. The van der Waals surface area contributed by atoms with Gasteiger partial charge in [-0.1, -0.05) is 44.2 Å². The smallest absolute Gasteiger partial charge is 0.407 e. The first-order valence-corrected chi connectivity index (χ1v) is 9.19. The molecule has 1 aliphatic heterocycles. The highest BCUT2D eigenvalue weighted by atomic mass is 16.5. The summed E-state index contributed by atoms with van der Waals surface area (Å²) in [5.74, 6) is 0.819. The molecule has 1 heterocycles. The minimum absolute atomic E-state index is 0.00723. The van der Waals surface area contributed by atoms with Gasteiger partial charge in [-0.15, -0.1) is 0 Å². The Morgan fingerprint density at radius 3 is 2.56 bits per heavy atom. The van der Waals surface area contributed by atoms with E-state index in [1.165, 1.54) is 12.7 Å². The van der Waals surface area contributed by atoms with Crippen LogP contribution in [-0.2, 0) is 9.53 Å². The van der Waals surface area contributed by atoms with Crippen molar-refractivity contribution >= 4 is 12.0 Å². The van der Waals surface area contributed by atoms with Gasteiger partial charge in [0.05, 0.1) is 7.11 Å². The number of likely N-dealkylation sites (tertiary alicyclic amines) is 1. The first kappa shape index (κ1) is 19.3. The van der Waals surface area contributed by atoms with Gasteiger partial charge in [0.25, 0.3) is 0 Å². The highest BCUT2D eigenvalue weighted by Crippen LogP contribution is 2.28. The number of hydrogen-bond donors (Lipinski definition) is 1. The lowest BCUT2D eigenvalue weighted by Gasteiger charge is -2.27. The fraction of sp³-hybridized carbons (Fsp3) is 0.600. The Morgan fingerprint density at radius 2 is 1.92 bits per heavy atom. The summed E-state index contributed by atoms with van der Waals surface area (Å²) in [6.45, 7) is 5.58. The maximum absolute atomic E-state index is 12.9. The van der Waals surface area contributed by atoms with Crippen LogP contribution in [0.3, 0.4) is 0 Å². The van der Waals surface area contributed by atoms with Crippen LogP contribution in [0.1, 0.15) is 51.0 Å². The molecular weight excluding hydrogens is 316 g/mol. The Labute approximate surface area is 150 Å². The van der Waals surface area contributed by atoms with Gasteiger partial charge in [-0.3, -0.25) is 4.79 Å². The molecule has 2 unspecified atom stereocenters. The van der Waals surface area contributed by atoms with E-state index in [2.05, 4.69) is 34.3 Å². The Balaban J connectivity index is 2.01. The van der Waals surface area contributed by atoms with Crippen LogP contribution < -0.4 is 5.32 Å². The molecule has 5 heteroatoms. The molecule has 2 rings (SSSR count). The fourth-order valence-electron chi connectivity index (χ4n) is 3.49. The Kier molecular flexibility index (Phi) is 7.29. The zero-order valence-electron chi connectivity index (χ0n) is 15.5. The van der Waals surface area contributed by atoms with Crippen LogP contribution >= 0.6 is 0 Å². The highest BCUT2D eigenvalue weighted by Gasteiger charge is 2.29. The summed E-state index contributed by atoms with van der Waals surface area (Å²) in [5, 5.41) is 2.71. The number of ether oxygens (including phenoxy) is 1. The van der Waals surface area contributed by atoms with E-state index in [1.807, 2.05) is 24.8 Å². The van der Waals surface area contributed by atoms with Crippen LogP contribution in [0.2, 0.25) is 0 Å². The van der Waals surface area contributed by atoms with E-state index in [4.69, 9.17) is 0 Å². The van der Waals surface area contributed by atoms with Crippen molar-refractivity contribution in [2.24, 2.45) is 5.92 Å². The van der Waals surface area contributed by atoms with E-state index >= 15 is 0 Å². The summed E-state index contributed by atoms with van der Waals surface area (Å²) in [6.07, 6.45) is 3.11. The number of amides is 2. The quantitative estimate of drug-likeness (QED) is 0.887. The second-order valence-corrected chi connectivity index (χ2v) is 7.18. The van der Waals surface area contributed by atoms with Gasteiger partial charge in [-0.25, -0.2) is 4.79 Å². The van der Waals surface area contributed by atoms with Crippen molar-refractivity contribution in [1.29, 1.82) is 0 Å². The molecule has 5 nitrogen and oxygen atoms in total. The number of methoxy groups -OCH3 is 1. The Morgan fingerprint density at radius 1 is 1.20 bits per heavy atom. The van der Waals surface area contributed by atoms with E-state index in [9.17, 15) is 9.59 Å². The number of hydrogen-bond acceptors (Lipinski definition) is 3. The van der Waals surface area contributed by atoms with E-state index in [0.717, 1.165) is 32.4 Å². The molecule has 2 amide bonds. The second-order valence-electron chi connectivity index (χ2n) is 7.18. The summed E-state index contributed by atoms with van der Waals surface area (Å²) in [6, 6.07) is 10.0. The van der Waals surface area contributed by atoms with Crippen molar-refractivity contribution < 1.29 is 14.3 Å². The van der Waals surface area contributed by atoms with Crippen molar-refractivity contribution in [1.82, 2.24) is 10.2 Å². The molecule has 0 aromatic heterocycles. The summed E-state index contributed by atoms with van der Waals surface area (Å²) in [5.41, 5.74) is 1.35. The van der Waals surface area contributed by atoms with Gasteiger partial charge in [0.1, 0.15) is 6.04 Å². The molecule has 1 aromatic rings. The maximum atomic E-state index is 12.9. The van der Waals surface area contributed by atoms with Crippen LogP contribution in [-0.4, -0.2) is 43.1 Å². The molecule has 1 saturated heterocycles.